The van der Waals surface area contributed by atoms with Gasteiger partial charge in [0.15, 0.2) is 0 Å². The minimum atomic E-state index is -0.427. The molecular weight excluding hydrogens is 533 g/mol. The lowest BCUT2D eigenvalue weighted by molar-refractivity contribution is -0.123. The summed E-state index contributed by atoms with van der Waals surface area (Å²) in [4.78, 5) is 27.1. The maximum absolute atomic E-state index is 13.5. The number of rotatable bonds is 10. The Morgan fingerprint density at radius 2 is 1.77 bits per heavy atom. The molecule has 1 aliphatic carbocycles. The van der Waals surface area contributed by atoms with Crippen LogP contribution in [0.1, 0.15) is 43.2 Å². The van der Waals surface area contributed by atoms with Crippen LogP contribution in [0.2, 0.25) is 10.0 Å². The molecule has 1 aliphatic rings. The maximum Gasteiger partial charge on any atom is 0.243 e. The van der Waals surface area contributed by atoms with Gasteiger partial charge in [0, 0.05) is 41.6 Å². The molecule has 1 atom stereocenters. The zero-order valence-corrected chi connectivity index (χ0v) is 23.0. The molecule has 10 heteroatoms. The van der Waals surface area contributed by atoms with Crippen LogP contribution in [-0.4, -0.2) is 31.5 Å². The Morgan fingerprint density at radius 3 is 2.51 bits per heavy atom. The van der Waals surface area contributed by atoms with Crippen molar-refractivity contribution in [3.05, 3.63) is 94.5 Å². The molecule has 0 bridgehead atoms. The summed E-state index contributed by atoms with van der Waals surface area (Å²) >= 11 is 12.2. The van der Waals surface area contributed by atoms with Gasteiger partial charge in [-0.2, -0.15) is 9.97 Å². The number of aromatic nitrogens is 4. The first-order chi connectivity index (χ1) is 19.0. The topological polar surface area (TPSA) is 96.8 Å². The Hall–Kier alpha value is -3.62. The van der Waals surface area contributed by atoms with E-state index < -0.39 is 6.04 Å². The first kappa shape index (κ1) is 27.0. The van der Waals surface area contributed by atoms with Crippen LogP contribution < -0.4 is 16.0 Å². The summed E-state index contributed by atoms with van der Waals surface area (Å²) in [6.45, 7) is 0.929. The molecule has 0 aliphatic heterocycles. The zero-order chi connectivity index (χ0) is 27.0. The van der Waals surface area contributed by atoms with Crippen molar-refractivity contribution in [1.82, 2.24) is 24.8 Å². The predicted octanol–water partition coefficient (Wildman–Crippen LogP) is 6.26. The Kier molecular flexibility index (Phi) is 8.96. The zero-order valence-electron chi connectivity index (χ0n) is 21.5. The number of carbonyl (C=O) groups excluding carboxylic acids is 1. The SMILES string of the molecule is O=C(NCc1ccc(Cl)cc1)C(Nc1cc(-n2ccnc2)nc(NCc2cccc(Cl)c2)n1)C1CCCCC1. The third-order valence-corrected chi connectivity index (χ3v) is 7.40. The molecular formula is C29H31Cl2N7O. The van der Waals surface area contributed by atoms with Crippen molar-refractivity contribution in [2.75, 3.05) is 10.6 Å². The van der Waals surface area contributed by atoms with Gasteiger partial charge in [0.2, 0.25) is 11.9 Å². The van der Waals surface area contributed by atoms with Gasteiger partial charge in [-0.05, 0) is 54.2 Å². The summed E-state index contributed by atoms with van der Waals surface area (Å²) < 4.78 is 1.81. The number of halogens is 2. The molecule has 1 amide bonds. The third-order valence-electron chi connectivity index (χ3n) is 6.91. The second-order valence-corrected chi connectivity index (χ2v) is 10.6. The van der Waals surface area contributed by atoms with Gasteiger partial charge >= 0.3 is 0 Å². The van der Waals surface area contributed by atoms with Gasteiger partial charge in [-0.25, -0.2) is 4.98 Å². The quantitative estimate of drug-likeness (QED) is 0.211. The highest BCUT2D eigenvalue weighted by Gasteiger charge is 2.30. The van der Waals surface area contributed by atoms with Crippen molar-refractivity contribution < 1.29 is 4.79 Å². The summed E-state index contributed by atoms with van der Waals surface area (Å²) in [6, 6.07) is 16.6. The summed E-state index contributed by atoms with van der Waals surface area (Å²) in [6.07, 6.45) is 10.6. The van der Waals surface area contributed by atoms with E-state index in [0.29, 0.717) is 40.7 Å². The fourth-order valence-corrected chi connectivity index (χ4v) is 5.21. The number of hydrogen-bond acceptors (Lipinski definition) is 6. The Labute approximate surface area is 238 Å². The number of nitrogens with zero attached hydrogens (tertiary/aromatic N) is 4. The number of anilines is 2. The number of nitrogens with one attached hydrogen (secondary N) is 3. The molecule has 2 heterocycles. The molecule has 1 saturated carbocycles. The number of benzene rings is 2. The molecule has 2 aromatic carbocycles. The van der Waals surface area contributed by atoms with Crippen LogP contribution in [0.25, 0.3) is 5.82 Å². The summed E-state index contributed by atoms with van der Waals surface area (Å²) in [5.74, 6) is 1.81. The van der Waals surface area contributed by atoms with E-state index in [2.05, 4.69) is 25.9 Å². The van der Waals surface area contributed by atoms with Crippen molar-refractivity contribution in [1.29, 1.82) is 0 Å². The van der Waals surface area contributed by atoms with Crippen LogP contribution >= 0.6 is 23.2 Å². The molecule has 5 rings (SSSR count). The number of amides is 1. The van der Waals surface area contributed by atoms with Crippen molar-refractivity contribution in [3.8, 4) is 5.82 Å². The van der Waals surface area contributed by atoms with Crippen LogP contribution in [-0.2, 0) is 17.9 Å². The lowest BCUT2D eigenvalue weighted by atomic mass is 9.83. The van der Waals surface area contributed by atoms with E-state index in [9.17, 15) is 4.79 Å². The number of imidazole rings is 1. The number of hydrogen-bond donors (Lipinski definition) is 3. The maximum atomic E-state index is 13.5. The first-order valence-corrected chi connectivity index (χ1v) is 13.9. The standard InChI is InChI=1S/C29H31Cl2N7O/c30-23-11-9-20(10-12-23)17-33-28(39)27(22-6-2-1-3-7-22)35-25-16-26(38-14-13-32-19-38)37-29(36-25)34-18-21-5-4-8-24(31)15-21/h4-5,8-16,19,22,27H,1-3,6-7,17-18H2,(H,33,39)(H2,34,35,36,37). The molecule has 1 unspecified atom stereocenters. The highest BCUT2D eigenvalue weighted by molar-refractivity contribution is 6.30. The van der Waals surface area contributed by atoms with Gasteiger partial charge < -0.3 is 16.0 Å². The van der Waals surface area contributed by atoms with Crippen LogP contribution in [0, 0.1) is 5.92 Å². The Bertz CT molecular complexity index is 1370. The van der Waals surface area contributed by atoms with E-state index in [1.807, 2.05) is 65.4 Å². The molecule has 4 aromatic rings. The van der Waals surface area contributed by atoms with Crippen molar-refractivity contribution in [3.63, 3.8) is 0 Å². The number of carbonyl (C=O) groups is 1. The van der Waals surface area contributed by atoms with E-state index in [0.717, 1.165) is 36.8 Å². The minimum Gasteiger partial charge on any atom is -0.358 e. The van der Waals surface area contributed by atoms with Gasteiger partial charge in [-0.3, -0.25) is 9.36 Å². The monoisotopic (exact) mass is 563 g/mol. The highest BCUT2D eigenvalue weighted by atomic mass is 35.5. The highest BCUT2D eigenvalue weighted by Crippen LogP contribution is 2.29. The Morgan fingerprint density at radius 1 is 0.949 bits per heavy atom. The largest absolute Gasteiger partial charge is 0.358 e. The molecule has 1 fully saturated rings. The van der Waals surface area contributed by atoms with Gasteiger partial charge in [-0.1, -0.05) is 66.7 Å². The molecule has 0 radical (unpaired) electrons. The summed E-state index contributed by atoms with van der Waals surface area (Å²) in [7, 11) is 0. The van der Waals surface area contributed by atoms with Crippen molar-refractivity contribution in [2.45, 2.75) is 51.2 Å². The first-order valence-electron chi connectivity index (χ1n) is 13.2. The smallest absolute Gasteiger partial charge is 0.243 e. The van der Waals surface area contributed by atoms with Crippen LogP contribution in [0.3, 0.4) is 0 Å². The van der Waals surface area contributed by atoms with Crippen LogP contribution in [0.5, 0.6) is 0 Å². The van der Waals surface area contributed by atoms with Gasteiger partial charge in [0.1, 0.15) is 24.0 Å². The molecule has 0 saturated heterocycles. The summed E-state index contributed by atoms with van der Waals surface area (Å²) in [5.41, 5.74) is 2.00. The molecule has 39 heavy (non-hydrogen) atoms. The third kappa shape index (κ3) is 7.49. The molecule has 202 valence electrons. The van der Waals surface area contributed by atoms with E-state index >= 15 is 0 Å². The Balaban J connectivity index is 1.37. The van der Waals surface area contributed by atoms with Crippen LogP contribution in [0.4, 0.5) is 11.8 Å². The predicted molar refractivity (Wildman–Crippen MR) is 155 cm³/mol. The van der Waals surface area contributed by atoms with Gasteiger partial charge in [-0.15, -0.1) is 0 Å². The van der Waals surface area contributed by atoms with E-state index in [-0.39, 0.29) is 11.8 Å². The molecule has 0 spiro atoms. The average Bonchev–Trinajstić information content (AvgIpc) is 3.50. The minimum absolute atomic E-state index is 0.0481. The molecule has 3 N–H and O–H groups in total. The fraction of sp³-hybridized carbons (Fsp3) is 0.310. The van der Waals surface area contributed by atoms with Crippen molar-refractivity contribution >= 4 is 40.9 Å². The lowest BCUT2D eigenvalue weighted by Crippen LogP contribution is -2.45. The van der Waals surface area contributed by atoms with Crippen molar-refractivity contribution in [2.24, 2.45) is 5.92 Å². The second kappa shape index (κ2) is 13.0. The molecule has 8 nitrogen and oxygen atoms in total. The van der Waals surface area contributed by atoms with Gasteiger partial charge in [0.05, 0.1) is 0 Å². The molecule has 2 aromatic heterocycles. The fourth-order valence-electron chi connectivity index (χ4n) is 4.87. The summed E-state index contributed by atoms with van der Waals surface area (Å²) in [5, 5.41) is 11.2. The van der Waals surface area contributed by atoms with Gasteiger partial charge in [0.25, 0.3) is 0 Å². The average molecular weight is 565 g/mol. The van der Waals surface area contributed by atoms with E-state index in [1.54, 1.807) is 12.5 Å². The lowest BCUT2D eigenvalue weighted by Gasteiger charge is -2.30. The normalized spacial score (nSPS) is 14.5. The van der Waals surface area contributed by atoms with E-state index in [4.69, 9.17) is 28.2 Å². The second-order valence-electron chi connectivity index (χ2n) is 9.75. The van der Waals surface area contributed by atoms with E-state index in [1.165, 1.54) is 6.42 Å². The van der Waals surface area contributed by atoms with Crippen LogP contribution in [0.15, 0.2) is 73.3 Å².